The molecule has 0 amide bonds. The van der Waals surface area contributed by atoms with Crippen LogP contribution in [0.25, 0.3) is 0 Å². The molecule has 0 spiro atoms. The van der Waals surface area contributed by atoms with Crippen LogP contribution in [0, 0.1) is 17.2 Å². The molecule has 1 radical (unpaired) electrons. The SMILES string of the molecule is COc1cccc([C](C)CO)c1C#N. The number of nitrogens with zero attached hydrogens (tertiary/aromatic N) is 1. The Labute approximate surface area is 83.6 Å². The summed E-state index contributed by atoms with van der Waals surface area (Å²) in [6.07, 6.45) is 0. The number of benzene rings is 1. The van der Waals surface area contributed by atoms with Crippen molar-refractivity contribution in [3.05, 3.63) is 35.2 Å². The van der Waals surface area contributed by atoms with Gasteiger partial charge in [0.05, 0.1) is 19.3 Å². The van der Waals surface area contributed by atoms with Crippen LogP contribution in [0.15, 0.2) is 18.2 Å². The summed E-state index contributed by atoms with van der Waals surface area (Å²) in [5, 5.41) is 17.9. The Kier molecular flexibility index (Phi) is 3.49. The number of hydrogen-bond acceptors (Lipinski definition) is 3. The normalized spacial score (nSPS) is 9.93. The Balaban J connectivity index is 3.23. The monoisotopic (exact) mass is 190 g/mol. The molecule has 0 heterocycles. The van der Waals surface area contributed by atoms with Gasteiger partial charge in [0.15, 0.2) is 0 Å². The van der Waals surface area contributed by atoms with Crippen molar-refractivity contribution in [1.29, 1.82) is 5.26 Å². The minimum absolute atomic E-state index is 0.0537. The van der Waals surface area contributed by atoms with Gasteiger partial charge in [-0.2, -0.15) is 5.26 Å². The topological polar surface area (TPSA) is 53.2 Å². The van der Waals surface area contributed by atoms with E-state index in [1.165, 1.54) is 7.11 Å². The molecular weight excluding hydrogens is 178 g/mol. The molecule has 0 atom stereocenters. The second kappa shape index (κ2) is 4.64. The Bertz CT molecular complexity index is 355. The van der Waals surface area contributed by atoms with E-state index < -0.39 is 0 Å². The molecule has 0 fully saturated rings. The number of aliphatic hydroxyl groups is 1. The quantitative estimate of drug-likeness (QED) is 0.785. The van der Waals surface area contributed by atoms with Gasteiger partial charge in [0, 0.05) is 5.92 Å². The molecule has 1 aromatic rings. The standard InChI is InChI=1S/C11H12NO2/c1-8(7-13)9-4-3-5-11(14-2)10(9)6-12/h3-5,13H,7H2,1-2H3. The van der Waals surface area contributed by atoms with E-state index in [4.69, 9.17) is 15.1 Å². The van der Waals surface area contributed by atoms with Crippen molar-refractivity contribution in [3.8, 4) is 11.8 Å². The van der Waals surface area contributed by atoms with Gasteiger partial charge < -0.3 is 9.84 Å². The van der Waals surface area contributed by atoms with Crippen LogP contribution < -0.4 is 4.74 Å². The van der Waals surface area contributed by atoms with E-state index in [0.29, 0.717) is 11.3 Å². The van der Waals surface area contributed by atoms with Gasteiger partial charge in [-0.3, -0.25) is 0 Å². The number of ether oxygens (including phenoxy) is 1. The first kappa shape index (κ1) is 10.6. The average molecular weight is 190 g/mol. The Morgan fingerprint density at radius 3 is 2.79 bits per heavy atom. The third kappa shape index (κ3) is 1.86. The zero-order valence-corrected chi connectivity index (χ0v) is 8.24. The molecule has 0 unspecified atom stereocenters. The molecule has 3 heteroatoms. The molecule has 0 aliphatic rings. The lowest BCUT2D eigenvalue weighted by molar-refractivity contribution is 0.314. The molecule has 1 rings (SSSR count). The fourth-order valence-corrected chi connectivity index (χ4v) is 1.26. The van der Waals surface area contributed by atoms with Crippen molar-refractivity contribution in [2.45, 2.75) is 6.92 Å². The lowest BCUT2D eigenvalue weighted by Gasteiger charge is -2.11. The summed E-state index contributed by atoms with van der Waals surface area (Å²) >= 11 is 0. The first-order chi connectivity index (χ1) is 6.74. The molecule has 0 aliphatic heterocycles. The maximum atomic E-state index is 8.98. The van der Waals surface area contributed by atoms with Crippen LogP contribution in [0.5, 0.6) is 5.75 Å². The molecule has 0 saturated heterocycles. The van der Waals surface area contributed by atoms with E-state index in [1.807, 2.05) is 0 Å². The maximum absolute atomic E-state index is 8.98. The highest BCUT2D eigenvalue weighted by Gasteiger charge is 2.13. The van der Waals surface area contributed by atoms with Crippen LogP contribution in [0.1, 0.15) is 18.1 Å². The van der Waals surface area contributed by atoms with E-state index in [9.17, 15) is 0 Å². The van der Waals surface area contributed by atoms with Crippen molar-refractivity contribution in [2.75, 3.05) is 13.7 Å². The molecule has 0 aromatic heterocycles. The van der Waals surface area contributed by atoms with E-state index in [2.05, 4.69) is 6.07 Å². The summed E-state index contributed by atoms with van der Waals surface area (Å²) in [5.74, 6) is 1.30. The zero-order chi connectivity index (χ0) is 10.6. The van der Waals surface area contributed by atoms with Gasteiger partial charge in [-0.15, -0.1) is 0 Å². The van der Waals surface area contributed by atoms with Gasteiger partial charge >= 0.3 is 0 Å². The molecule has 14 heavy (non-hydrogen) atoms. The van der Waals surface area contributed by atoms with Gasteiger partial charge in [-0.25, -0.2) is 0 Å². The van der Waals surface area contributed by atoms with Crippen LogP contribution >= 0.6 is 0 Å². The summed E-state index contributed by atoms with van der Waals surface area (Å²) in [7, 11) is 1.52. The minimum Gasteiger partial charge on any atom is -0.495 e. The molecule has 3 nitrogen and oxygen atoms in total. The summed E-state index contributed by atoms with van der Waals surface area (Å²) < 4.78 is 5.05. The Hall–Kier alpha value is -1.53. The van der Waals surface area contributed by atoms with Crippen LogP contribution in [0.4, 0.5) is 0 Å². The summed E-state index contributed by atoms with van der Waals surface area (Å²) in [6.45, 7) is 1.73. The number of rotatable bonds is 3. The van der Waals surface area contributed by atoms with Crippen LogP contribution in [-0.2, 0) is 0 Å². The van der Waals surface area contributed by atoms with E-state index >= 15 is 0 Å². The van der Waals surface area contributed by atoms with Crippen molar-refractivity contribution >= 4 is 0 Å². The lowest BCUT2D eigenvalue weighted by atomic mass is 9.96. The van der Waals surface area contributed by atoms with E-state index in [0.717, 1.165) is 11.5 Å². The third-order valence-corrected chi connectivity index (χ3v) is 2.05. The summed E-state index contributed by atoms with van der Waals surface area (Å²) in [6, 6.07) is 7.40. The van der Waals surface area contributed by atoms with E-state index in [1.54, 1.807) is 25.1 Å². The molecular formula is C11H12NO2. The molecule has 1 aromatic carbocycles. The molecule has 0 aliphatic carbocycles. The largest absolute Gasteiger partial charge is 0.495 e. The second-order valence-corrected chi connectivity index (χ2v) is 2.93. The molecule has 0 saturated carbocycles. The van der Waals surface area contributed by atoms with Crippen LogP contribution in [-0.4, -0.2) is 18.8 Å². The smallest absolute Gasteiger partial charge is 0.136 e. The highest BCUT2D eigenvalue weighted by molar-refractivity contribution is 5.53. The van der Waals surface area contributed by atoms with Crippen LogP contribution in [0.2, 0.25) is 0 Å². The Morgan fingerprint density at radius 2 is 2.29 bits per heavy atom. The van der Waals surface area contributed by atoms with Gasteiger partial charge in [0.1, 0.15) is 11.8 Å². The Morgan fingerprint density at radius 1 is 1.57 bits per heavy atom. The third-order valence-electron chi connectivity index (χ3n) is 2.05. The molecule has 0 bridgehead atoms. The lowest BCUT2D eigenvalue weighted by Crippen LogP contribution is -2.03. The first-order valence-electron chi connectivity index (χ1n) is 4.25. The first-order valence-corrected chi connectivity index (χ1v) is 4.25. The second-order valence-electron chi connectivity index (χ2n) is 2.93. The highest BCUT2D eigenvalue weighted by atomic mass is 16.5. The van der Waals surface area contributed by atoms with Gasteiger partial charge in [0.25, 0.3) is 0 Å². The number of methoxy groups -OCH3 is 1. The van der Waals surface area contributed by atoms with Crippen LogP contribution in [0.3, 0.4) is 0 Å². The predicted molar refractivity (Wildman–Crippen MR) is 52.8 cm³/mol. The number of hydrogen-bond donors (Lipinski definition) is 1. The predicted octanol–water partition coefficient (Wildman–Crippen LogP) is 1.50. The fraction of sp³-hybridized carbons (Fsp3) is 0.273. The fourth-order valence-electron chi connectivity index (χ4n) is 1.26. The number of aliphatic hydroxyl groups excluding tert-OH is 1. The summed E-state index contributed by atoms with van der Waals surface area (Å²) in [5.41, 5.74) is 1.22. The van der Waals surface area contributed by atoms with Crippen molar-refractivity contribution in [1.82, 2.24) is 0 Å². The molecule has 1 N–H and O–H groups in total. The van der Waals surface area contributed by atoms with Gasteiger partial charge in [-0.05, 0) is 11.6 Å². The minimum atomic E-state index is -0.0537. The summed E-state index contributed by atoms with van der Waals surface area (Å²) in [4.78, 5) is 0. The van der Waals surface area contributed by atoms with E-state index in [-0.39, 0.29) is 6.61 Å². The van der Waals surface area contributed by atoms with Gasteiger partial charge in [0.2, 0.25) is 0 Å². The zero-order valence-electron chi connectivity index (χ0n) is 8.24. The van der Waals surface area contributed by atoms with Crippen molar-refractivity contribution in [2.24, 2.45) is 0 Å². The number of nitriles is 1. The van der Waals surface area contributed by atoms with Crippen molar-refractivity contribution < 1.29 is 9.84 Å². The molecule has 73 valence electrons. The highest BCUT2D eigenvalue weighted by Crippen LogP contribution is 2.26. The maximum Gasteiger partial charge on any atom is 0.136 e. The van der Waals surface area contributed by atoms with Crippen molar-refractivity contribution in [3.63, 3.8) is 0 Å². The van der Waals surface area contributed by atoms with Gasteiger partial charge in [-0.1, -0.05) is 19.1 Å². The average Bonchev–Trinajstić information content (AvgIpc) is 2.26.